The van der Waals surface area contributed by atoms with Gasteiger partial charge >= 0.3 is 0 Å². The monoisotopic (exact) mass is 422 g/mol. The standard InChI is InChI=1S/C20H23ClN2O4S/c1-27-19-10-9-17(28(25,26)22-16-8-6-7-15(21)13-16)14-18(19)20(24)23-11-4-2-3-5-12-23/h6-10,13-14,22H,2-5,11-12H2,1H3. The molecule has 1 saturated heterocycles. The number of halogens is 1. The van der Waals surface area contributed by atoms with Crippen LogP contribution in [0.25, 0.3) is 0 Å². The van der Waals surface area contributed by atoms with Crippen LogP contribution in [-0.2, 0) is 10.0 Å². The summed E-state index contributed by atoms with van der Waals surface area (Å²) in [6, 6.07) is 10.7. The number of likely N-dealkylation sites (tertiary alicyclic amines) is 1. The third-order valence-corrected chi connectivity index (χ3v) is 6.30. The van der Waals surface area contributed by atoms with Gasteiger partial charge in [-0.25, -0.2) is 8.42 Å². The number of nitrogens with one attached hydrogen (secondary N) is 1. The van der Waals surface area contributed by atoms with Crippen LogP contribution < -0.4 is 9.46 Å². The number of rotatable bonds is 5. The van der Waals surface area contributed by atoms with E-state index in [2.05, 4.69) is 4.72 Å². The second-order valence-electron chi connectivity index (χ2n) is 6.68. The van der Waals surface area contributed by atoms with Gasteiger partial charge in [0, 0.05) is 18.1 Å². The zero-order valence-electron chi connectivity index (χ0n) is 15.7. The predicted octanol–water partition coefficient (Wildman–Crippen LogP) is 4.17. The molecule has 0 aliphatic carbocycles. The number of anilines is 1. The molecule has 1 fully saturated rings. The highest BCUT2D eigenvalue weighted by atomic mass is 35.5. The highest BCUT2D eigenvalue weighted by Gasteiger charge is 2.24. The van der Waals surface area contributed by atoms with E-state index in [-0.39, 0.29) is 16.4 Å². The van der Waals surface area contributed by atoms with Gasteiger partial charge in [-0.05, 0) is 49.2 Å². The van der Waals surface area contributed by atoms with Crippen molar-refractivity contribution in [1.29, 1.82) is 0 Å². The number of hydrogen-bond donors (Lipinski definition) is 1. The molecular formula is C20H23ClN2O4S. The Kier molecular flexibility index (Phi) is 6.46. The minimum Gasteiger partial charge on any atom is -0.496 e. The number of carbonyl (C=O) groups excluding carboxylic acids is 1. The van der Waals surface area contributed by atoms with Crippen molar-refractivity contribution in [2.24, 2.45) is 0 Å². The number of amides is 1. The molecular weight excluding hydrogens is 400 g/mol. The first kappa shape index (κ1) is 20.5. The van der Waals surface area contributed by atoms with E-state index in [0.29, 0.717) is 29.5 Å². The van der Waals surface area contributed by atoms with Gasteiger partial charge in [0.2, 0.25) is 0 Å². The molecule has 0 spiro atoms. The lowest BCUT2D eigenvalue weighted by atomic mass is 10.1. The fraction of sp³-hybridized carbons (Fsp3) is 0.350. The SMILES string of the molecule is COc1ccc(S(=O)(=O)Nc2cccc(Cl)c2)cc1C(=O)N1CCCCCC1. The van der Waals surface area contributed by atoms with E-state index in [4.69, 9.17) is 16.3 Å². The highest BCUT2D eigenvalue weighted by Crippen LogP contribution is 2.27. The summed E-state index contributed by atoms with van der Waals surface area (Å²) in [4.78, 5) is 14.8. The van der Waals surface area contributed by atoms with Crippen LogP contribution in [0.1, 0.15) is 36.0 Å². The summed E-state index contributed by atoms with van der Waals surface area (Å²) in [7, 11) is -2.42. The first-order chi connectivity index (χ1) is 13.4. The Morgan fingerprint density at radius 1 is 1.07 bits per heavy atom. The summed E-state index contributed by atoms with van der Waals surface area (Å²) in [6.07, 6.45) is 4.09. The van der Waals surface area contributed by atoms with E-state index in [1.807, 2.05) is 0 Å². The number of nitrogens with zero attached hydrogens (tertiary/aromatic N) is 1. The number of methoxy groups -OCH3 is 1. The number of benzene rings is 2. The van der Waals surface area contributed by atoms with Gasteiger partial charge in [0.05, 0.1) is 23.3 Å². The molecule has 1 aliphatic heterocycles. The average molecular weight is 423 g/mol. The van der Waals surface area contributed by atoms with Crippen molar-refractivity contribution < 1.29 is 17.9 Å². The van der Waals surface area contributed by atoms with Crippen molar-refractivity contribution >= 4 is 33.2 Å². The molecule has 0 saturated carbocycles. The van der Waals surface area contributed by atoms with E-state index in [0.717, 1.165) is 25.7 Å². The fourth-order valence-corrected chi connectivity index (χ4v) is 4.50. The maximum atomic E-state index is 13.0. The second kappa shape index (κ2) is 8.84. The maximum Gasteiger partial charge on any atom is 0.261 e. The molecule has 1 heterocycles. The molecule has 1 N–H and O–H groups in total. The number of carbonyl (C=O) groups is 1. The Morgan fingerprint density at radius 2 is 1.79 bits per heavy atom. The molecule has 2 aromatic carbocycles. The topological polar surface area (TPSA) is 75.7 Å². The van der Waals surface area contributed by atoms with Crippen molar-refractivity contribution in [3.05, 3.63) is 53.1 Å². The van der Waals surface area contributed by atoms with Crippen molar-refractivity contribution in [3.8, 4) is 5.75 Å². The minimum absolute atomic E-state index is 0.00792. The van der Waals surface area contributed by atoms with Crippen LogP contribution in [0, 0.1) is 0 Å². The maximum absolute atomic E-state index is 13.0. The van der Waals surface area contributed by atoms with E-state index in [1.54, 1.807) is 23.1 Å². The van der Waals surface area contributed by atoms with Crippen molar-refractivity contribution in [2.45, 2.75) is 30.6 Å². The third-order valence-electron chi connectivity index (χ3n) is 4.68. The minimum atomic E-state index is -3.88. The molecule has 8 heteroatoms. The summed E-state index contributed by atoms with van der Waals surface area (Å²) < 4.78 is 33.4. The predicted molar refractivity (Wildman–Crippen MR) is 110 cm³/mol. The molecule has 0 radical (unpaired) electrons. The molecule has 0 bridgehead atoms. The van der Waals surface area contributed by atoms with Crippen LogP contribution in [0.3, 0.4) is 0 Å². The first-order valence-electron chi connectivity index (χ1n) is 9.16. The van der Waals surface area contributed by atoms with E-state index >= 15 is 0 Å². The first-order valence-corrected chi connectivity index (χ1v) is 11.0. The summed E-state index contributed by atoms with van der Waals surface area (Å²) in [5.74, 6) is 0.148. The van der Waals surface area contributed by atoms with Gasteiger partial charge in [-0.3, -0.25) is 9.52 Å². The van der Waals surface area contributed by atoms with Gasteiger partial charge in [0.15, 0.2) is 0 Å². The summed E-state index contributed by atoms with van der Waals surface area (Å²) in [5, 5.41) is 0.423. The molecule has 0 aromatic heterocycles. The lowest BCUT2D eigenvalue weighted by Gasteiger charge is -2.22. The fourth-order valence-electron chi connectivity index (χ4n) is 3.23. The van der Waals surface area contributed by atoms with Crippen LogP contribution in [0.2, 0.25) is 5.02 Å². The van der Waals surface area contributed by atoms with Crippen molar-refractivity contribution in [2.75, 3.05) is 24.9 Å². The number of hydrogen-bond acceptors (Lipinski definition) is 4. The average Bonchev–Trinajstić information content (AvgIpc) is 2.96. The van der Waals surface area contributed by atoms with Crippen molar-refractivity contribution in [1.82, 2.24) is 4.90 Å². The molecule has 3 rings (SSSR count). The molecule has 150 valence electrons. The molecule has 1 amide bonds. The Hall–Kier alpha value is -2.25. The van der Waals surface area contributed by atoms with Gasteiger partial charge in [0.25, 0.3) is 15.9 Å². The van der Waals surface area contributed by atoms with Crippen LogP contribution in [0.15, 0.2) is 47.4 Å². The zero-order valence-corrected chi connectivity index (χ0v) is 17.2. The lowest BCUT2D eigenvalue weighted by Crippen LogP contribution is -2.32. The second-order valence-corrected chi connectivity index (χ2v) is 8.80. The molecule has 2 aromatic rings. The molecule has 6 nitrogen and oxygen atoms in total. The van der Waals surface area contributed by atoms with Crippen molar-refractivity contribution in [3.63, 3.8) is 0 Å². The smallest absolute Gasteiger partial charge is 0.261 e. The Bertz CT molecular complexity index is 954. The Balaban J connectivity index is 1.92. The highest BCUT2D eigenvalue weighted by molar-refractivity contribution is 7.92. The van der Waals surface area contributed by atoms with Crippen LogP contribution in [0.5, 0.6) is 5.75 Å². The third kappa shape index (κ3) is 4.77. The normalized spacial score (nSPS) is 15.0. The largest absolute Gasteiger partial charge is 0.496 e. The van der Waals surface area contributed by atoms with Gasteiger partial charge in [-0.1, -0.05) is 30.5 Å². The van der Waals surface area contributed by atoms with Gasteiger partial charge in [-0.2, -0.15) is 0 Å². The van der Waals surface area contributed by atoms with Gasteiger partial charge in [0.1, 0.15) is 5.75 Å². The number of ether oxygens (including phenoxy) is 1. The molecule has 0 unspecified atom stereocenters. The summed E-state index contributed by atoms with van der Waals surface area (Å²) >= 11 is 5.92. The van der Waals surface area contributed by atoms with Crippen LogP contribution in [0.4, 0.5) is 5.69 Å². The summed E-state index contributed by atoms with van der Waals surface area (Å²) in [5.41, 5.74) is 0.599. The van der Waals surface area contributed by atoms with Gasteiger partial charge < -0.3 is 9.64 Å². The van der Waals surface area contributed by atoms with E-state index in [1.165, 1.54) is 31.4 Å². The van der Waals surface area contributed by atoms with Gasteiger partial charge in [-0.15, -0.1) is 0 Å². The lowest BCUT2D eigenvalue weighted by molar-refractivity contribution is 0.0758. The van der Waals surface area contributed by atoms with Crippen LogP contribution in [-0.4, -0.2) is 39.4 Å². The molecule has 28 heavy (non-hydrogen) atoms. The molecule has 1 aliphatic rings. The van der Waals surface area contributed by atoms with E-state index < -0.39 is 10.0 Å². The zero-order chi connectivity index (χ0) is 20.1. The quantitative estimate of drug-likeness (QED) is 0.784. The number of sulfonamides is 1. The Labute approximate surface area is 170 Å². The van der Waals surface area contributed by atoms with Crippen LogP contribution >= 0.6 is 11.6 Å². The Morgan fingerprint density at radius 3 is 2.43 bits per heavy atom. The molecule has 0 atom stereocenters. The summed E-state index contributed by atoms with van der Waals surface area (Å²) in [6.45, 7) is 1.33. The van der Waals surface area contributed by atoms with E-state index in [9.17, 15) is 13.2 Å².